The van der Waals surface area contributed by atoms with Crippen LogP contribution in [-0.4, -0.2) is 46.9 Å². The number of aliphatic hydroxyl groups excluding tert-OH is 1. The SMILES string of the molecule is O=C(O)[C@@]1(Cc2ccccc2)CN(Cc2ccc3c(c2)CCO3)CC[C@@H]1O. The molecule has 2 aliphatic rings. The van der Waals surface area contributed by atoms with Crippen LogP contribution < -0.4 is 4.74 Å². The standard InChI is InChI=1S/C22H25NO4/c24-20-8-10-23(14-17-6-7-19-18(12-17)9-11-27-19)15-22(20,21(25)26)13-16-4-2-1-3-5-16/h1-7,12,20,24H,8-11,13-15H2,(H,25,26)/t20-,22-/m0/s1. The molecule has 1 saturated heterocycles. The molecule has 1 fully saturated rings. The van der Waals surface area contributed by atoms with E-state index in [4.69, 9.17) is 4.74 Å². The Kier molecular flexibility index (Phi) is 4.89. The maximum absolute atomic E-state index is 12.2. The van der Waals surface area contributed by atoms with Gasteiger partial charge in [-0.15, -0.1) is 0 Å². The Morgan fingerprint density at radius 3 is 2.78 bits per heavy atom. The number of carbonyl (C=O) groups is 1. The molecule has 2 atom stereocenters. The van der Waals surface area contributed by atoms with E-state index >= 15 is 0 Å². The van der Waals surface area contributed by atoms with Gasteiger partial charge in [0.2, 0.25) is 0 Å². The molecular formula is C22H25NO4. The normalized spacial score (nSPS) is 25.0. The van der Waals surface area contributed by atoms with Crippen LogP contribution in [0.25, 0.3) is 0 Å². The molecule has 4 rings (SSSR count). The van der Waals surface area contributed by atoms with E-state index in [1.807, 2.05) is 36.4 Å². The Hall–Kier alpha value is -2.37. The molecule has 0 unspecified atom stereocenters. The molecular weight excluding hydrogens is 342 g/mol. The molecule has 2 aromatic carbocycles. The van der Waals surface area contributed by atoms with Gasteiger partial charge in [-0.3, -0.25) is 9.69 Å². The molecule has 0 aliphatic carbocycles. The number of carboxylic acid groups (broad SMARTS) is 1. The molecule has 27 heavy (non-hydrogen) atoms. The van der Waals surface area contributed by atoms with Gasteiger partial charge in [-0.25, -0.2) is 0 Å². The highest BCUT2D eigenvalue weighted by Gasteiger charge is 2.49. The van der Waals surface area contributed by atoms with Crippen molar-refractivity contribution in [1.82, 2.24) is 4.90 Å². The summed E-state index contributed by atoms with van der Waals surface area (Å²) < 4.78 is 5.56. The van der Waals surface area contributed by atoms with Crippen LogP contribution in [0.5, 0.6) is 5.75 Å². The summed E-state index contributed by atoms with van der Waals surface area (Å²) in [5.74, 6) is 0.0303. The number of aliphatic hydroxyl groups is 1. The number of hydrogen-bond acceptors (Lipinski definition) is 4. The predicted molar refractivity (Wildman–Crippen MR) is 102 cm³/mol. The summed E-state index contributed by atoms with van der Waals surface area (Å²) in [6.07, 6.45) is 0.876. The molecule has 0 radical (unpaired) electrons. The highest BCUT2D eigenvalue weighted by atomic mass is 16.5. The van der Waals surface area contributed by atoms with Crippen LogP contribution in [0.4, 0.5) is 0 Å². The second kappa shape index (κ2) is 7.33. The summed E-state index contributed by atoms with van der Waals surface area (Å²) >= 11 is 0. The van der Waals surface area contributed by atoms with E-state index in [1.165, 1.54) is 5.56 Å². The summed E-state index contributed by atoms with van der Waals surface area (Å²) in [4.78, 5) is 14.4. The lowest BCUT2D eigenvalue weighted by Gasteiger charge is -2.43. The molecule has 5 nitrogen and oxygen atoms in total. The number of rotatable bonds is 5. The fraction of sp³-hybridized carbons (Fsp3) is 0.409. The maximum atomic E-state index is 12.2. The fourth-order valence-electron chi connectivity index (χ4n) is 4.32. The molecule has 0 amide bonds. The highest BCUT2D eigenvalue weighted by molar-refractivity contribution is 5.76. The van der Waals surface area contributed by atoms with Crippen LogP contribution in [0, 0.1) is 5.41 Å². The fourth-order valence-corrected chi connectivity index (χ4v) is 4.32. The topological polar surface area (TPSA) is 70.0 Å². The van der Waals surface area contributed by atoms with Gasteiger partial charge in [0.05, 0.1) is 12.7 Å². The zero-order valence-corrected chi connectivity index (χ0v) is 15.3. The maximum Gasteiger partial charge on any atom is 0.313 e. The summed E-state index contributed by atoms with van der Waals surface area (Å²) in [6, 6.07) is 15.8. The Balaban J connectivity index is 1.54. The average molecular weight is 367 g/mol. The van der Waals surface area contributed by atoms with Crippen molar-refractivity contribution >= 4 is 5.97 Å². The molecule has 0 aromatic heterocycles. The van der Waals surface area contributed by atoms with Gasteiger partial charge >= 0.3 is 5.97 Å². The number of benzene rings is 2. The Morgan fingerprint density at radius 2 is 2.00 bits per heavy atom. The zero-order chi connectivity index (χ0) is 18.9. The minimum Gasteiger partial charge on any atom is -0.493 e. The van der Waals surface area contributed by atoms with Crippen LogP contribution in [0.15, 0.2) is 48.5 Å². The molecule has 2 aliphatic heterocycles. The molecule has 0 spiro atoms. The molecule has 5 heteroatoms. The average Bonchev–Trinajstić information content (AvgIpc) is 3.13. The predicted octanol–water partition coefficient (Wildman–Crippen LogP) is 2.50. The third-order valence-electron chi connectivity index (χ3n) is 5.81. The number of piperidine rings is 1. The first kappa shape index (κ1) is 18.0. The first-order valence-corrected chi connectivity index (χ1v) is 9.49. The third-order valence-corrected chi connectivity index (χ3v) is 5.81. The van der Waals surface area contributed by atoms with Crippen LogP contribution in [0.2, 0.25) is 0 Å². The van der Waals surface area contributed by atoms with Crippen molar-refractivity contribution in [3.05, 3.63) is 65.2 Å². The summed E-state index contributed by atoms with van der Waals surface area (Å²) in [7, 11) is 0. The van der Waals surface area contributed by atoms with E-state index < -0.39 is 17.5 Å². The van der Waals surface area contributed by atoms with Crippen LogP contribution in [0.3, 0.4) is 0 Å². The summed E-state index contributed by atoms with van der Waals surface area (Å²) in [5, 5.41) is 20.7. The lowest BCUT2D eigenvalue weighted by molar-refractivity contribution is -0.163. The zero-order valence-electron chi connectivity index (χ0n) is 15.3. The van der Waals surface area contributed by atoms with Crippen molar-refractivity contribution in [1.29, 1.82) is 0 Å². The van der Waals surface area contributed by atoms with Gasteiger partial charge in [0.15, 0.2) is 0 Å². The Morgan fingerprint density at radius 1 is 1.19 bits per heavy atom. The Labute approximate surface area is 159 Å². The van der Waals surface area contributed by atoms with Crippen molar-refractivity contribution in [3.8, 4) is 5.75 Å². The quantitative estimate of drug-likeness (QED) is 0.850. The molecule has 142 valence electrons. The first-order chi connectivity index (χ1) is 13.1. The van der Waals surface area contributed by atoms with E-state index in [2.05, 4.69) is 17.0 Å². The van der Waals surface area contributed by atoms with Crippen molar-refractivity contribution in [3.63, 3.8) is 0 Å². The number of fused-ring (bicyclic) bond motifs is 1. The summed E-state index contributed by atoms with van der Waals surface area (Å²) in [6.45, 7) is 2.45. The molecule has 2 heterocycles. The second-order valence-corrected chi connectivity index (χ2v) is 7.68. The van der Waals surface area contributed by atoms with Crippen LogP contribution >= 0.6 is 0 Å². The smallest absolute Gasteiger partial charge is 0.313 e. The number of likely N-dealkylation sites (tertiary alicyclic amines) is 1. The molecule has 2 N–H and O–H groups in total. The van der Waals surface area contributed by atoms with Crippen molar-refractivity contribution in [2.24, 2.45) is 5.41 Å². The molecule has 2 aromatic rings. The van der Waals surface area contributed by atoms with Crippen molar-refractivity contribution < 1.29 is 19.7 Å². The van der Waals surface area contributed by atoms with Gasteiger partial charge in [0, 0.05) is 26.1 Å². The number of hydrogen-bond donors (Lipinski definition) is 2. The van der Waals surface area contributed by atoms with Gasteiger partial charge in [-0.2, -0.15) is 0 Å². The van der Waals surface area contributed by atoms with E-state index in [-0.39, 0.29) is 0 Å². The lowest BCUT2D eigenvalue weighted by atomic mass is 9.72. The van der Waals surface area contributed by atoms with E-state index in [9.17, 15) is 15.0 Å². The second-order valence-electron chi connectivity index (χ2n) is 7.68. The molecule has 0 bridgehead atoms. The van der Waals surface area contributed by atoms with Crippen LogP contribution in [0.1, 0.15) is 23.1 Å². The van der Waals surface area contributed by atoms with Gasteiger partial charge in [0.1, 0.15) is 11.2 Å². The Bertz CT molecular complexity index is 822. The van der Waals surface area contributed by atoms with Crippen molar-refractivity contribution in [2.45, 2.75) is 31.9 Å². The van der Waals surface area contributed by atoms with E-state index in [1.54, 1.807) is 0 Å². The number of ether oxygens (including phenoxy) is 1. The van der Waals surface area contributed by atoms with Crippen LogP contribution in [-0.2, 0) is 24.2 Å². The van der Waals surface area contributed by atoms with Gasteiger partial charge in [-0.05, 0) is 35.6 Å². The number of carboxylic acids is 1. The first-order valence-electron chi connectivity index (χ1n) is 9.49. The van der Waals surface area contributed by atoms with Gasteiger partial charge in [0.25, 0.3) is 0 Å². The minimum atomic E-state index is -1.18. The van der Waals surface area contributed by atoms with E-state index in [0.717, 1.165) is 29.9 Å². The van der Waals surface area contributed by atoms with Crippen molar-refractivity contribution in [2.75, 3.05) is 19.7 Å². The van der Waals surface area contributed by atoms with Gasteiger partial charge < -0.3 is 14.9 Å². The minimum absolute atomic E-state index is 0.332. The highest BCUT2D eigenvalue weighted by Crippen LogP contribution is 2.36. The number of aliphatic carboxylic acids is 1. The lowest BCUT2D eigenvalue weighted by Crippen LogP contribution is -2.56. The molecule has 0 saturated carbocycles. The number of nitrogens with zero attached hydrogens (tertiary/aromatic N) is 1. The summed E-state index contributed by atoms with van der Waals surface area (Å²) in [5.41, 5.74) is 2.14. The van der Waals surface area contributed by atoms with Gasteiger partial charge in [-0.1, -0.05) is 42.5 Å². The largest absolute Gasteiger partial charge is 0.493 e. The third kappa shape index (κ3) is 3.57. The monoisotopic (exact) mass is 367 g/mol. The van der Waals surface area contributed by atoms with E-state index in [0.29, 0.717) is 32.5 Å².